The molecule has 0 heterocycles. The molecule has 3 nitrogen and oxygen atoms in total. The number of carbonyl (C=O) groups is 1. The van der Waals surface area contributed by atoms with Crippen molar-refractivity contribution in [2.24, 2.45) is 0 Å². The molecule has 1 aromatic carbocycles. The lowest BCUT2D eigenvalue weighted by Crippen LogP contribution is -2.47. The van der Waals surface area contributed by atoms with E-state index in [1.165, 1.54) is 0 Å². The highest BCUT2D eigenvalue weighted by Gasteiger charge is 2.29. The fourth-order valence-electron chi connectivity index (χ4n) is 1.44. The summed E-state index contributed by atoms with van der Waals surface area (Å²) in [6.07, 6.45) is 0. The van der Waals surface area contributed by atoms with Crippen molar-refractivity contribution in [1.82, 2.24) is 5.32 Å². The van der Waals surface area contributed by atoms with Gasteiger partial charge in [0.2, 0.25) is 0 Å². The van der Waals surface area contributed by atoms with Gasteiger partial charge >= 0.3 is 0 Å². The standard InChI is InChI=1S/C14H20ClNO2S/c1-4-19-10-9-16-13(17)14(2,3)18-12-7-5-11(15)6-8-12/h5-8H,4,9-10H2,1-3H3,(H,16,17). The van der Waals surface area contributed by atoms with Gasteiger partial charge in [-0.05, 0) is 43.9 Å². The largest absolute Gasteiger partial charge is 0.478 e. The number of hydrogen-bond donors (Lipinski definition) is 1. The van der Waals surface area contributed by atoms with Gasteiger partial charge in [0.1, 0.15) is 5.75 Å². The smallest absolute Gasteiger partial charge is 0.263 e. The van der Waals surface area contributed by atoms with Gasteiger partial charge in [-0.1, -0.05) is 18.5 Å². The molecule has 0 bridgehead atoms. The van der Waals surface area contributed by atoms with Crippen LogP contribution in [0, 0.1) is 0 Å². The van der Waals surface area contributed by atoms with E-state index in [9.17, 15) is 4.79 Å². The molecule has 0 radical (unpaired) electrons. The molecule has 0 spiro atoms. The predicted octanol–water partition coefficient (Wildman–Crippen LogP) is 3.37. The number of benzene rings is 1. The topological polar surface area (TPSA) is 38.3 Å². The highest BCUT2D eigenvalue weighted by molar-refractivity contribution is 7.99. The third-order valence-electron chi connectivity index (χ3n) is 2.47. The summed E-state index contributed by atoms with van der Waals surface area (Å²) in [6, 6.07) is 6.99. The Hall–Kier alpha value is -0.870. The van der Waals surface area contributed by atoms with Gasteiger partial charge in [0, 0.05) is 17.3 Å². The number of thioether (sulfide) groups is 1. The molecule has 0 aliphatic rings. The molecule has 0 aliphatic heterocycles. The first-order valence-electron chi connectivity index (χ1n) is 6.26. The second-order valence-electron chi connectivity index (χ2n) is 4.52. The van der Waals surface area contributed by atoms with Gasteiger partial charge in [-0.3, -0.25) is 4.79 Å². The summed E-state index contributed by atoms with van der Waals surface area (Å²) in [5, 5.41) is 3.52. The quantitative estimate of drug-likeness (QED) is 0.785. The molecule has 0 saturated carbocycles. The first-order chi connectivity index (χ1) is 8.95. The van der Waals surface area contributed by atoms with Crippen LogP contribution in [0.25, 0.3) is 0 Å². The minimum absolute atomic E-state index is 0.112. The molecular formula is C14H20ClNO2S. The van der Waals surface area contributed by atoms with Gasteiger partial charge in [0.15, 0.2) is 5.60 Å². The van der Waals surface area contributed by atoms with Crippen LogP contribution in [0.15, 0.2) is 24.3 Å². The molecule has 1 aromatic rings. The second kappa shape index (κ2) is 7.65. The Bertz CT molecular complexity index is 406. The normalized spacial score (nSPS) is 11.2. The minimum Gasteiger partial charge on any atom is -0.478 e. The third kappa shape index (κ3) is 5.74. The van der Waals surface area contributed by atoms with Crippen LogP contribution in [0.5, 0.6) is 5.75 Å². The fraction of sp³-hybridized carbons (Fsp3) is 0.500. The highest BCUT2D eigenvalue weighted by Crippen LogP contribution is 2.20. The summed E-state index contributed by atoms with van der Waals surface area (Å²) in [5.41, 5.74) is -0.898. The number of halogens is 1. The number of ether oxygens (including phenoxy) is 1. The van der Waals surface area contributed by atoms with E-state index in [0.29, 0.717) is 17.3 Å². The average molecular weight is 302 g/mol. The zero-order valence-corrected chi connectivity index (χ0v) is 13.1. The number of rotatable bonds is 7. The van der Waals surface area contributed by atoms with Crippen LogP contribution in [-0.4, -0.2) is 29.6 Å². The number of carbonyl (C=O) groups excluding carboxylic acids is 1. The Labute approximate surface area is 124 Å². The van der Waals surface area contributed by atoms with Crippen LogP contribution in [-0.2, 0) is 4.79 Å². The van der Waals surface area contributed by atoms with Crippen molar-refractivity contribution >= 4 is 29.3 Å². The summed E-state index contributed by atoms with van der Waals surface area (Å²) in [5.74, 6) is 2.49. The van der Waals surface area contributed by atoms with E-state index >= 15 is 0 Å². The molecule has 0 saturated heterocycles. The first-order valence-corrected chi connectivity index (χ1v) is 7.79. The lowest BCUT2D eigenvalue weighted by atomic mass is 10.1. The van der Waals surface area contributed by atoms with Crippen molar-refractivity contribution in [2.75, 3.05) is 18.1 Å². The summed E-state index contributed by atoms with van der Waals surface area (Å²) in [7, 11) is 0. The zero-order chi connectivity index (χ0) is 14.3. The Morgan fingerprint density at radius 2 is 2.00 bits per heavy atom. The Morgan fingerprint density at radius 3 is 2.58 bits per heavy atom. The molecule has 106 valence electrons. The molecule has 0 unspecified atom stereocenters. The van der Waals surface area contributed by atoms with E-state index < -0.39 is 5.60 Å². The van der Waals surface area contributed by atoms with Crippen LogP contribution < -0.4 is 10.1 Å². The van der Waals surface area contributed by atoms with Crippen molar-refractivity contribution < 1.29 is 9.53 Å². The van der Waals surface area contributed by atoms with E-state index in [0.717, 1.165) is 11.5 Å². The van der Waals surface area contributed by atoms with Gasteiger partial charge in [0.05, 0.1) is 0 Å². The highest BCUT2D eigenvalue weighted by atomic mass is 35.5. The van der Waals surface area contributed by atoms with E-state index in [4.69, 9.17) is 16.3 Å². The molecule has 19 heavy (non-hydrogen) atoms. The van der Waals surface area contributed by atoms with E-state index in [2.05, 4.69) is 12.2 Å². The number of nitrogens with one attached hydrogen (secondary N) is 1. The van der Waals surface area contributed by atoms with Crippen LogP contribution in [0.1, 0.15) is 20.8 Å². The molecule has 0 aliphatic carbocycles. The molecular weight excluding hydrogens is 282 g/mol. The molecule has 0 aromatic heterocycles. The number of amides is 1. The zero-order valence-electron chi connectivity index (χ0n) is 11.5. The van der Waals surface area contributed by atoms with E-state index in [1.807, 2.05) is 0 Å². The summed E-state index contributed by atoms with van der Waals surface area (Å²) < 4.78 is 5.70. The maximum absolute atomic E-state index is 12.0. The van der Waals surface area contributed by atoms with E-state index in [-0.39, 0.29) is 5.91 Å². The lowest BCUT2D eigenvalue weighted by Gasteiger charge is -2.25. The number of hydrogen-bond acceptors (Lipinski definition) is 3. The summed E-state index contributed by atoms with van der Waals surface area (Å²) in [4.78, 5) is 12.0. The van der Waals surface area contributed by atoms with Gasteiger partial charge in [0.25, 0.3) is 5.91 Å². The molecule has 0 fully saturated rings. The predicted molar refractivity (Wildman–Crippen MR) is 82.2 cm³/mol. The van der Waals surface area contributed by atoms with E-state index in [1.54, 1.807) is 49.9 Å². The second-order valence-corrected chi connectivity index (χ2v) is 6.35. The van der Waals surface area contributed by atoms with Gasteiger partial charge < -0.3 is 10.1 Å². The maximum atomic E-state index is 12.0. The monoisotopic (exact) mass is 301 g/mol. The lowest BCUT2D eigenvalue weighted by molar-refractivity contribution is -0.134. The SMILES string of the molecule is CCSCCNC(=O)C(C)(C)Oc1ccc(Cl)cc1. The van der Waals surface area contributed by atoms with Crippen LogP contribution in [0.2, 0.25) is 5.02 Å². The first kappa shape index (κ1) is 16.2. The molecule has 1 N–H and O–H groups in total. The van der Waals surface area contributed by atoms with Crippen molar-refractivity contribution in [3.63, 3.8) is 0 Å². The summed E-state index contributed by atoms with van der Waals surface area (Å²) in [6.45, 7) is 6.26. The van der Waals surface area contributed by atoms with Gasteiger partial charge in [-0.15, -0.1) is 0 Å². The van der Waals surface area contributed by atoms with Crippen molar-refractivity contribution in [2.45, 2.75) is 26.4 Å². The van der Waals surface area contributed by atoms with Crippen molar-refractivity contribution in [3.05, 3.63) is 29.3 Å². The fourth-order valence-corrected chi connectivity index (χ4v) is 2.10. The average Bonchev–Trinajstić information content (AvgIpc) is 2.37. The van der Waals surface area contributed by atoms with Crippen molar-refractivity contribution in [3.8, 4) is 5.75 Å². The molecule has 5 heteroatoms. The van der Waals surface area contributed by atoms with Crippen LogP contribution in [0.4, 0.5) is 0 Å². The minimum atomic E-state index is -0.898. The van der Waals surface area contributed by atoms with Gasteiger partial charge in [-0.25, -0.2) is 0 Å². The Morgan fingerprint density at radius 1 is 1.37 bits per heavy atom. The van der Waals surface area contributed by atoms with Crippen LogP contribution >= 0.6 is 23.4 Å². The molecule has 1 amide bonds. The maximum Gasteiger partial charge on any atom is 0.263 e. The molecule has 0 atom stereocenters. The Balaban J connectivity index is 2.49. The van der Waals surface area contributed by atoms with Crippen molar-refractivity contribution in [1.29, 1.82) is 0 Å². The summed E-state index contributed by atoms with van der Waals surface area (Å²) >= 11 is 7.60. The van der Waals surface area contributed by atoms with Gasteiger partial charge in [-0.2, -0.15) is 11.8 Å². The molecule has 1 rings (SSSR count). The van der Waals surface area contributed by atoms with Crippen LogP contribution in [0.3, 0.4) is 0 Å². The third-order valence-corrected chi connectivity index (χ3v) is 3.62. The Kier molecular flexibility index (Phi) is 6.52.